The number of carbonyl (C=O) groups excluding carboxylic acids is 1. The van der Waals surface area contributed by atoms with Gasteiger partial charge in [0.15, 0.2) is 0 Å². The van der Waals surface area contributed by atoms with Gasteiger partial charge >= 0.3 is 6.03 Å². The highest BCUT2D eigenvalue weighted by Crippen LogP contribution is 2.32. The van der Waals surface area contributed by atoms with Crippen LogP contribution in [0.2, 0.25) is 0 Å². The van der Waals surface area contributed by atoms with E-state index in [2.05, 4.69) is 11.6 Å². The van der Waals surface area contributed by atoms with Crippen molar-refractivity contribution in [2.75, 3.05) is 12.0 Å². The van der Waals surface area contributed by atoms with Crippen molar-refractivity contribution >= 4 is 23.6 Å². The minimum absolute atomic E-state index is 0.0162. The Hall–Kier alpha value is -0.710. The molecule has 1 unspecified atom stereocenters. The summed E-state index contributed by atoms with van der Waals surface area (Å²) >= 11 is 1.76. The maximum absolute atomic E-state index is 11.5. The first-order chi connectivity index (χ1) is 6.74. The lowest BCUT2D eigenvalue weighted by molar-refractivity contribution is 0.201. The Morgan fingerprint density at radius 1 is 1.64 bits per heavy atom. The van der Waals surface area contributed by atoms with E-state index < -0.39 is 0 Å². The van der Waals surface area contributed by atoms with Gasteiger partial charge in [-0.15, -0.1) is 0 Å². The van der Waals surface area contributed by atoms with Crippen LogP contribution in [0, 0.1) is 5.41 Å². The largest absolute Gasteiger partial charge is 0.323 e. The van der Waals surface area contributed by atoms with E-state index in [1.807, 2.05) is 4.90 Å². The zero-order valence-electron chi connectivity index (χ0n) is 8.25. The molecular formula is C9H15N3OS. The molecule has 4 nitrogen and oxygen atoms in total. The van der Waals surface area contributed by atoms with Gasteiger partial charge in [0.1, 0.15) is 5.84 Å². The average molecular weight is 213 g/mol. The molecule has 2 aliphatic rings. The highest BCUT2D eigenvalue weighted by atomic mass is 32.2. The van der Waals surface area contributed by atoms with Crippen LogP contribution in [0.25, 0.3) is 0 Å². The minimum atomic E-state index is -0.0661. The van der Waals surface area contributed by atoms with Crippen LogP contribution in [-0.2, 0) is 0 Å². The summed E-state index contributed by atoms with van der Waals surface area (Å²) < 4.78 is 0. The number of thioether (sulfide) groups is 1. The Morgan fingerprint density at radius 2 is 2.36 bits per heavy atom. The Labute approximate surface area is 87.9 Å². The SMILES string of the molecule is CSCCC1C(=N)NC(=O)N1C1CC1. The molecule has 1 saturated carbocycles. The number of amides is 2. The first-order valence-corrected chi connectivity index (χ1v) is 6.30. The standard InChI is InChI=1S/C9H15N3OS/c1-14-5-4-7-8(10)11-9(13)12(7)6-2-3-6/h6-7H,2-5H2,1H3,(H2,10,11,13). The van der Waals surface area contributed by atoms with Crippen molar-refractivity contribution in [3.8, 4) is 0 Å². The van der Waals surface area contributed by atoms with E-state index in [0.29, 0.717) is 11.9 Å². The van der Waals surface area contributed by atoms with Gasteiger partial charge in [-0.3, -0.25) is 10.7 Å². The third-order valence-electron chi connectivity index (χ3n) is 2.68. The maximum atomic E-state index is 11.5. The van der Waals surface area contributed by atoms with Crippen LogP contribution in [0.15, 0.2) is 0 Å². The lowest BCUT2D eigenvalue weighted by Crippen LogP contribution is -2.37. The van der Waals surface area contributed by atoms with Crippen molar-refractivity contribution in [2.45, 2.75) is 31.3 Å². The number of urea groups is 1. The molecule has 1 atom stereocenters. The van der Waals surface area contributed by atoms with Crippen molar-refractivity contribution < 1.29 is 4.79 Å². The van der Waals surface area contributed by atoms with Crippen molar-refractivity contribution in [2.24, 2.45) is 0 Å². The van der Waals surface area contributed by atoms with Crippen molar-refractivity contribution in [3.05, 3.63) is 0 Å². The van der Waals surface area contributed by atoms with Crippen LogP contribution in [0.4, 0.5) is 4.79 Å². The fourth-order valence-corrected chi connectivity index (χ4v) is 2.29. The van der Waals surface area contributed by atoms with Crippen molar-refractivity contribution in [1.82, 2.24) is 10.2 Å². The van der Waals surface area contributed by atoms with E-state index in [-0.39, 0.29) is 12.1 Å². The summed E-state index contributed by atoms with van der Waals surface area (Å²) in [6.07, 6.45) is 5.16. The molecule has 2 rings (SSSR count). The van der Waals surface area contributed by atoms with Crippen LogP contribution < -0.4 is 5.32 Å². The van der Waals surface area contributed by atoms with Crippen molar-refractivity contribution in [3.63, 3.8) is 0 Å². The molecule has 1 aliphatic carbocycles. The average Bonchev–Trinajstić information content (AvgIpc) is 2.91. The van der Waals surface area contributed by atoms with Gasteiger partial charge < -0.3 is 4.90 Å². The second kappa shape index (κ2) is 3.81. The summed E-state index contributed by atoms with van der Waals surface area (Å²) in [6.45, 7) is 0. The van der Waals surface area contributed by atoms with E-state index >= 15 is 0 Å². The number of carbonyl (C=O) groups is 1. The predicted molar refractivity (Wildman–Crippen MR) is 57.9 cm³/mol. The molecule has 0 spiro atoms. The minimum Gasteiger partial charge on any atom is -0.311 e. The molecule has 0 aromatic heterocycles. The Morgan fingerprint density at radius 3 is 2.93 bits per heavy atom. The number of hydrogen-bond acceptors (Lipinski definition) is 3. The highest BCUT2D eigenvalue weighted by molar-refractivity contribution is 7.98. The van der Waals surface area contributed by atoms with E-state index in [9.17, 15) is 4.79 Å². The summed E-state index contributed by atoms with van der Waals surface area (Å²) in [5, 5.41) is 10.3. The zero-order chi connectivity index (χ0) is 10.1. The summed E-state index contributed by atoms with van der Waals surface area (Å²) in [7, 11) is 0. The first kappa shape index (κ1) is 9.83. The Balaban J connectivity index is 2.02. The Kier molecular flexibility index (Phi) is 2.67. The molecule has 2 N–H and O–H groups in total. The molecule has 78 valence electrons. The fourth-order valence-electron chi connectivity index (χ4n) is 1.83. The lowest BCUT2D eigenvalue weighted by Gasteiger charge is -2.21. The topological polar surface area (TPSA) is 56.2 Å². The lowest BCUT2D eigenvalue weighted by atomic mass is 10.2. The fraction of sp³-hybridized carbons (Fsp3) is 0.778. The molecular weight excluding hydrogens is 198 g/mol. The van der Waals surface area contributed by atoms with Crippen molar-refractivity contribution in [1.29, 1.82) is 5.41 Å². The van der Waals surface area contributed by atoms with E-state index in [1.165, 1.54) is 0 Å². The quantitative estimate of drug-likeness (QED) is 0.739. The molecule has 14 heavy (non-hydrogen) atoms. The van der Waals surface area contributed by atoms with Crippen LogP contribution in [0.5, 0.6) is 0 Å². The zero-order valence-corrected chi connectivity index (χ0v) is 9.06. The van der Waals surface area contributed by atoms with Crippen LogP contribution in [0.3, 0.4) is 0 Å². The molecule has 5 heteroatoms. The second-order valence-corrected chi connectivity index (χ2v) is 4.77. The number of amidine groups is 1. The summed E-state index contributed by atoms with van der Waals surface area (Å²) in [6, 6.07) is 0.357. The number of rotatable bonds is 4. The normalized spacial score (nSPS) is 26.9. The van der Waals surface area contributed by atoms with E-state index in [1.54, 1.807) is 11.8 Å². The van der Waals surface area contributed by atoms with Gasteiger partial charge in [0.2, 0.25) is 0 Å². The van der Waals surface area contributed by atoms with Gasteiger partial charge in [-0.05, 0) is 31.3 Å². The number of hydrogen-bond donors (Lipinski definition) is 2. The monoisotopic (exact) mass is 213 g/mol. The number of nitrogens with one attached hydrogen (secondary N) is 2. The van der Waals surface area contributed by atoms with E-state index in [0.717, 1.165) is 25.0 Å². The van der Waals surface area contributed by atoms with Gasteiger partial charge in [0.25, 0.3) is 0 Å². The smallest absolute Gasteiger partial charge is 0.311 e. The van der Waals surface area contributed by atoms with Crippen LogP contribution in [0.1, 0.15) is 19.3 Å². The molecule has 1 heterocycles. The Bertz CT molecular complexity index is 265. The molecule has 2 fully saturated rings. The summed E-state index contributed by atoms with van der Waals surface area (Å²) in [5.74, 6) is 1.39. The molecule has 0 radical (unpaired) electrons. The first-order valence-electron chi connectivity index (χ1n) is 4.90. The van der Waals surface area contributed by atoms with E-state index in [4.69, 9.17) is 5.41 Å². The maximum Gasteiger partial charge on any atom is 0.323 e. The van der Waals surface area contributed by atoms with Gasteiger partial charge in [0.05, 0.1) is 6.04 Å². The summed E-state index contributed by atoms with van der Waals surface area (Å²) in [4.78, 5) is 13.4. The third-order valence-corrected chi connectivity index (χ3v) is 3.32. The van der Waals surface area contributed by atoms with Gasteiger partial charge in [0, 0.05) is 6.04 Å². The van der Waals surface area contributed by atoms with Crippen LogP contribution in [-0.4, -0.2) is 40.9 Å². The van der Waals surface area contributed by atoms with Gasteiger partial charge in [-0.1, -0.05) is 0 Å². The van der Waals surface area contributed by atoms with Gasteiger partial charge in [-0.2, -0.15) is 11.8 Å². The second-order valence-electron chi connectivity index (χ2n) is 3.78. The number of nitrogens with zero attached hydrogens (tertiary/aromatic N) is 1. The van der Waals surface area contributed by atoms with Gasteiger partial charge in [-0.25, -0.2) is 4.79 Å². The molecule has 2 amide bonds. The van der Waals surface area contributed by atoms with Crippen LogP contribution >= 0.6 is 11.8 Å². The molecule has 1 saturated heterocycles. The highest BCUT2D eigenvalue weighted by Gasteiger charge is 2.43. The summed E-state index contributed by atoms with van der Waals surface area (Å²) in [5.41, 5.74) is 0. The molecule has 0 aromatic carbocycles. The molecule has 1 aliphatic heterocycles. The molecule has 0 bridgehead atoms. The third kappa shape index (κ3) is 1.73. The molecule has 0 aromatic rings. The predicted octanol–water partition coefficient (Wildman–Crippen LogP) is 1.27.